The first-order valence-electron chi connectivity index (χ1n) is 11.9. The van der Waals surface area contributed by atoms with Gasteiger partial charge in [-0.15, -0.1) is 11.3 Å². The van der Waals surface area contributed by atoms with Gasteiger partial charge < -0.3 is 10.1 Å². The maximum Gasteiger partial charge on any atom is 0.341 e. The average molecular weight is 471 g/mol. The largest absolute Gasteiger partial charge is 0.462 e. The van der Waals surface area contributed by atoms with Gasteiger partial charge in [-0.05, 0) is 68.2 Å². The zero-order valence-electron chi connectivity index (χ0n) is 21.1. The Morgan fingerprint density at radius 2 is 1.91 bits per heavy atom. The number of amides is 1. The summed E-state index contributed by atoms with van der Waals surface area (Å²) in [6, 6.07) is 8.25. The van der Waals surface area contributed by atoms with Crippen LogP contribution in [0.25, 0.3) is 0 Å². The maximum absolute atomic E-state index is 13.1. The maximum atomic E-state index is 13.1. The van der Waals surface area contributed by atoms with Crippen molar-refractivity contribution in [3.63, 3.8) is 0 Å². The van der Waals surface area contributed by atoms with Crippen LogP contribution in [0.1, 0.15) is 79.9 Å². The number of thiophene rings is 1. The minimum atomic E-state index is -0.347. The number of likely N-dealkylation sites (N-methyl/N-ethyl adjacent to an activating group) is 1. The molecule has 0 saturated heterocycles. The predicted molar refractivity (Wildman–Crippen MR) is 136 cm³/mol. The molecule has 1 amide bonds. The number of nitrogens with one attached hydrogen (secondary N) is 1. The van der Waals surface area contributed by atoms with Crippen LogP contribution in [0.2, 0.25) is 0 Å². The minimum absolute atomic E-state index is 0.110. The van der Waals surface area contributed by atoms with Crippen LogP contribution in [0.5, 0.6) is 0 Å². The van der Waals surface area contributed by atoms with Crippen molar-refractivity contribution in [1.82, 2.24) is 4.90 Å². The highest BCUT2D eigenvalue weighted by molar-refractivity contribution is 7.17. The van der Waals surface area contributed by atoms with Crippen LogP contribution in [0.15, 0.2) is 24.3 Å². The highest BCUT2D eigenvalue weighted by Gasteiger charge is 2.30. The van der Waals surface area contributed by atoms with Crippen LogP contribution < -0.4 is 5.32 Å². The number of rotatable bonds is 7. The number of nitrogens with zero attached hydrogens (tertiary/aromatic N) is 1. The molecule has 0 fully saturated rings. The molecule has 180 valence electrons. The lowest BCUT2D eigenvalue weighted by molar-refractivity contribution is -0.120. The van der Waals surface area contributed by atoms with Gasteiger partial charge in [-0.3, -0.25) is 9.69 Å². The van der Waals surface area contributed by atoms with Crippen molar-refractivity contribution < 1.29 is 14.3 Å². The van der Waals surface area contributed by atoms with Crippen LogP contribution in [0.3, 0.4) is 0 Å². The molecule has 3 rings (SSSR count). The van der Waals surface area contributed by atoms with E-state index in [2.05, 4.69) is 57.3 Å². The van der Waals surface area contributed by atoms with Crippen molar-refractivity contribution in [2.24, 2.45) is 5.92 Å². The fourth-order valence-corrected chi connectivity index (χ4v) is 5.61. The molecule has 1 N–H and O–H groups in total. The third-order valence-corrected chi connectivity index (χ3v) is 7.69. The Bertz CT molecular complexity index is 988. The molecule has 1 aliphatic carbocycles. The van der Waals surface area contributed by atoms with Crippen molar-refractivity contribution in [2.45, 2.75) is 78.8 Å². The highest BCUT2D eigenvalue weighted by Crippen LogP contribution is 2.40. The second kappa shape index (κ2) is 10.4. The second-order valence-electron chi connectivity index (χ2n) is 10.3. The summed E-state index contributed by atoms with van der Waals surface area (Å²) in [6.07, 6.45) is 2.86. The van der Waals surface area contributed by atoms with E-state index in [9.17, 15) is 9.59 Å². The summed E-state index contributed by atoms with van der Waals surface area (Å²) in [5.74, 6) is 0.144. The normalized spacial score (nSPS) is 16.9. The summed E-state index contributed by atoms with van der Waals surface area (Å²) >= 11 is 1.53. The lowest BCUT2D eigenvalue weighted by Gasteiger charge is -2.24. The average Bonchev–Trinajstić information content (AvgIpc) is 3.09. The SMILES string of the molecule is CCOC(=O)c1c(NC(=O)[C@H](C)N(C)Cc2ccc(C(C)(C)C)cc2)sc2c1CC[C@@H](C)C2. The van der Waals surface area contributed by atoms with E-state index in [0.717, 1.165) is 30.4 Å². The smallest absolute Gasteiger partial charge is 0.341 e. The molecule has 0 radical (unpaired) electrons. The fourth-order valence-electron chi connectivity index (χ4n) is 4.21. The zero-order valence-corrected chi connectivity index (χ0v) is 21.9. The van der Waals surface area contributed by atoms with Crippen molar-refractivity contribution in [2.75, 3.05) is 19.0 Å². The molecule has 1 aromatic carbocycles. The lowest BCUT2D eigenvalue weighted by atomic mass is 9.87. The Morgan fingerprint density at radius 3 is 2.52 bits per heavy atom. The quantitative estimate of drug-likeness (QED) is 0.519. The number of hydrogen-bond acceptors (Lipinski definition) is 5. The second-order valence-corrected chi connectivity index (χ2v) is 11.4. The predicted octanol–water partition coefficient (Wildman–Crippen LogP) is 5.81. The molecule has 0 spiro atoms. The van der Waals surface area contributed by atoms with E-state index >= 15 is 0 Å². The summed E-state index contributed by atoms with van der Waals surface area (Å²) in [5.41, 5.74) is 4.20. The topological polar surface area (TPSA) is 58.6 Å². The van der Waals surface area contributed by atoms with E-state index in [0.29, 0.717) is 29.6 Å². The summed E-state index contributed by atoms with van der Waals surface area (Å²) in [5, 5.41) is 3.69. The number of ether oxygens (including phenoxy) is 1. The summed E-state index contributed by atoms with van der Waals surface area (Å²) in [6.45, 7) is 13.5. The first-order chi connectivity index (χ1) is 15.5. The van der Waals surface area contributed by atoms with Crippen LogP contribution in [-0.2, 0) is 34.3 Å². The number of esters is 1. The molecule has 0 unspecified atom stereocenters. The van der Waals surface area contributed by atoms with E-state index in [1.54, 1.807) is 0 Å². The monoisotopic (exact) mass is 470 g/mol. The molecular weight excluding hydrogens is 432 g/mol. The van der Waals surface area contributed by atoms with Crippen molar-refractivity contribution in [1.29, 1.82) is 0 Å². The van der Waals surface area contributed by atoms with Crippen molar-refractivity contribution in [3.05, 3.63) is 51.4 Å². The van der Waals surface area contributed by atoms with Gasteiger partial charge in [-0.2, -0.15) is 0 Å². The van der Waals surface area contributed by atoms with Crippen LogP contribution in [0.4, 0.5) is 5.00 Å². The number of hydrogen-bond donors (Lipinski definition) is 1. The third kappa shape index (κ3) is 6.04. The molecule has 2 aromatic rings. The minimum Gasteiger partial charge on any atom is -0.462 e. The van der Waals surface area contributed by atoms with Gasteiger partial charge in [0.15, 0.2) is 0 Å². The van der Waals surface area contributed by atoms with Gasteiger partial charge in [0.1, 0.15) is 5.00 Å². The molecule has 2 atom stereocenters. The molecule has 0 saturated carbocycles. The summed E-state index contributed by atoms with van der Waals surface area (Å²) in [4.78, 5) is 29.1. The Morgan fingerprint density at radius 1 is 1.24 bits per heavy atom. The Kier molecular flexibility index (Phi) is 8.01. The third-order valence-electron chi connectivity index (χ3n) is 6.52. The van der Waals surface area contributed by atoms with E-state index in [1.165, 1.54) is 21.8 Å². The molecule has 1 aliphatic rings. The Balaban J connectivity index is 1.73. The standard InChI is InChI=1S/C27H38N2O3S/c1-8-32-26(31)23-21-14-9-17(2)15-22(21)33-25(23)28-24(30)18(3)29(7)16-19-10-12-20(13-11-19)27(4,5)6/h10-13,17-18H,8-9,14-16H2,1-7H3,(H,28,30)/t17-,18+/m1/s1. The van der Waals surface area contributed by atoms with Crippen molar-refractivity contribution >= 4 is 28.2 Å². The molecule has 5 nitrogen and oxygen atoms in total. The van der Waals surface area contributed by atoms with Gasteiger partial charge in [0.25, 0.3) is 0 Å². The van der Waals surface area contributed by atoms with Gasteiger partial charge in [0.05, 0.1) is 18.2 Å². The van der Waals surface area contributed by atoms with E-state index in [1.807, 2.05) is 25.8 Å². The molecular formula is C27H38N2O3S. The van der Waals surface area contributed by atoms with Crippen LogP contribution >= 0.6 is 11.3 Å². The van der Waals surface area contributed by atoms with Crippen LogP contribution in [-0.4, -0.2) is 36.5 Å². The van der Waals surface area contributed by atoms with Crippen LogP contribution in [0, 0.1) is 5.92 Å². The van der Waals surface area contributed by atoms with Gasteiger partial charge in [0, 0.05) is 11.4 Å². The zero-order chi connectivity index (χ0) is 24.3. The first-order valence-corrected chi connectivity index (χ1v) is 12.7. The first kappa shape index (κ1) is 25.4. The lowest BCUT2D eigenvalue weighted by Crippen LogP contribution is -2.39. The fraction of sp³-hybridized carbons (Fsp3) is 0.556. The highest BCUT2D eigenvalue weighted by atomic mass is 32.1. The molecule has 6 heteroatoms. The number of fused-ring (bicyclic) bond motifs is 1. The van der Waals surface area contributed by atoms with Gasteiger partial charge in [-0.1, -0.05) is 52.0 Å². The number of anilines is 1. The molecule has 1 heterocycles. The van der Waals surface area contributed by atoms with Gasteiger partial charge in [-0.25, -0.2) is 4.79 Å². The van der Waals surface area contributed by atoms with Gasteiger partial charge in [0.2, 0.25) is 5.91 Å². The number of carbonyl (C=O) groups excluding carboxylic acids is 2. The molecule has 0 aliphatic heterocycles. The van der Waals surface area contributed by atoms with E-state index < -0.39 is 0 Å². The van der Waals surface area contributed by atoms with E-state index in [4.69, 9.17) is 4.74 Å². The molecule has 0 bridgehead atoms. The molecule has 1 aromatic heterocycles. The van der Waals surface area contributed by atoms with Crippen molar-refractivity contribution in [3.8, 4) is 0 Å². The molecule has 33 heavy (non-hydrogen) atoms. The summed E-state index contributed by atoms with van der Waals surface area (Å²) < 4.78 is 5.33. The van der Waals surface area contributed by atoms with Gasteiger partial charge >= 0.3 is 5.97 Å². The Labute approximate surface area is 202 Å². The number of carbonyl (C=O) groups is 2. The Hall–Kier alpha value is -2.18. The number of benzene rings is 1. The van der Waals surface area contributed by atoms with E-state index in [-0.39, 0.29) is 23.3 Å². The summed E-state index contributed by atoms with van der Waals surface area (Å²) in [7, 11) is 1.95.